The van der Waals surface area contributed by atoms with Crippen LogP contribution in [0.25, 0.3) is 0 Å². The Kier molecular flexibility index (Phi) is 3.94. The highest BCUT2D eigenvalue weighted by Gasteiger charge is 2.26. The normalized spacial score (nSPS) is 11.7. The molecule has 0 bridgehead atoms. The van der Waals surface area contributed by atoms with Gasteiger partial charge < -0.3 is 5.32 Å². The maximum Gasteiger partial charge on any atom is 0.259 e. The summed E-state index contributed by atoms with van der Waals surface area (Å²) in [5.74, 6) is -0.123. The molecule has 2 aromatic rings. The fraction of sp³-hybridized carbons (Fsp3) is 0.500. The minimum Gasteiger partial charge on any atom is -0.312 e. The number of rotatable bonds is 3. The lowest BCUT2D eigenvalue weighted by Crippen LogP contribution is -2.20. The first-order valence-corrected chi connectivity index (χ1v) is 7.48. The van der Waals surface area contributed by atoms with Crippen molar-refractivity contribution in [2.24, 2.45) is 7.05 Å². The Bertz CT molecular complexity index is 621. The Labute approximate surface area is 123 Å². The monoisotopic (exact) mass is 292 g/mol. The van der Waals surface area contributed by atoms with E-state index in [1.807, 2.05) is 14.0 Å². The molecule has 0 aliphatic rings. The summed E-state index contributed by atoms with van der Waals surface area (Å²) < 4.78 is 1.68. The van der Waals surface area contributed by atoms with E-state index in [-0.39, 0.29) is 11.3 Å². The number of carbonyl (C=O) groups excluding carboxylic acids is 1. The summed E-state index contributed by atoms with van der Waals surface area (Å²) in [5, 5.41) is 8.19. The first-order chi connectivity index (χ1) is 9.32. The molecule has 0 aliphatic heterocycles. The Morgan fingerprint density at radius 1 is 1.45 bits per heavy atom. The van der Waals surface area contributed by atoms with Crippen LogP contribution < -0.4 is 5.32 Å². The van der Waals surface area contributed by atoms with Crippen molar-refractivity contribution >= 4 is 22.2 Å². The molecule has 0 aliphatic carbocycles. The van der Waals surface area contributed by atoms with Gasteiger partial charge in [-0.05, 0) is 6.42 Å². The molecule has 108 valence electrons. The van der Waals surface area contributed by atoms with Crippen LogP contribution in [0.4, 0.5) is 5.00 Å². The van der Waals surface area contributed by atoms with E-state index in [1.165, 1.54) is 11.3 Å². The molecular formula is C14H20N4OS. The number of anilines is 1. The standard InChI is InChI=1S/C14H20N4OS/c1-6-10-13(20-8-15-10)16-12(19)9-7-18(5)17-11(9)14(2,3)4/h7-8H,6H2,1-5H3,(H,16,19). The van der Waals surface area contributed by atoms with Crippen molar-refractivity contribution in [1.82, 2.24) is 14.8 Å². The van der Waals surface area contributed by atoms with Crippen LogP contribution in [0.15, 0.2) is 11.7 Å². The molecular weight excluding hydrogens is 272 g/mol. The quantitative estimate of drug-likeness (QED) is 0.946. The van der Waals surface area contributed by atoms with Crippen molar-refractivity contribution in [3.8, 4) is 0 Å². The number of aryl methyl sites for hydroxylation is 2. The molecule has 0 aromatic carbocycles. The molecule has 5 nitrogen and oxygen atoms in total. The number of hydrogen-bond acceptors (Lipinski definition) is 4. The van der Waals surface area contributed by atoms with Crippen LogP contribution in [0, 0.1) is 0 Å². The van der Waals surface area contributed by atoms with Gasteiger partial charge >= 0.3 is 0 Å². The van der Waals surface area contributed by atoms with Gasteiger partial charge in [-0.25, -0.2) is 4.98 Å². The molecule has 2 rings (SSSR count). The highest BCUT2D eigenvalue weighted by Crippen LogP contribution is 2.26. The van der Waals surface area contributed by atoms with Gasteiger partial charge in [0.25, 0.3) is 5.91 Å². The fourth-order valence-corrected chi connectivity index (χ4v) is 2.77. The number of carbonyl (C=O) groups is 1. The molecule has 0 saturated carbocycles. The largest absolute Gasteiger partial charge is 0.312 e. The SMILES string of the molecule is CCc1ncsc1NC(=O)c1cn(C)nc1C(C)(C)C. The first-order valence-electron chi connectivity index (χ1n) is 6.60. The maximum atomic E-state index is 12.5. The van der Waals surface area contributed by atoms with Crippen molar-refractivity contribution in [1.29, 1.82) is 0 Å². The molecule has 0 saturated heterocycles. The van der Waals surface area contributed by atoms with Crippen LogP contribution in [0.1, 0.15) is 49.4 Å². The van der Waals surface area contributed by atoms with Gasteiger partial charge in [-0.2, -0.15) is 5.10 Å². The number of nitrogens with zero attached hydrogens (tertiary/aromatic N) is 3. The molecule has 2 heterocycles. The second kappa shape index (κ2) is 5.36. The third-order valence-corrected chi connectivity index (χ3v) is 3.77. The predicted octanol–water partition coefficient (Wildman–Crippen LogP) is 2.99. The summed E-state index contributed by atoms with van der Waals surface area (Å²) in [7, 11) is 1.83. The summed E-state index contributed by atoms with van der Waals surface area (Å²) in [4.78, 5) is 16.7. The molecule has 1 N–H and O–H groups in total. The van der Waals surface area contributed by atoms with Crippen LogP contribution in [-0.2, 0) is 18.9 Å². The molecule has 20 heavy (non-hydrogen) atoms. The van der Waals surface area contributed by atoms with Gasteiger partial charge in [-0.3, -0.25) is 9.48 Å². The third kappa shape index (κ3) is 2.90. The summed E-state index contributed by atoms with van der Waals surface area (Å²) >= 11 is 1.45. The lowest BCUT2D eigenvalue weighted by molar-refractivity contribution is 0.102. The first kappa shape index (κ1) is 14.7. The minimum atomic E-state index is -0.171. The zero-order valence-electron chi connectivity index (χ0n) is 12.5. The minimum absolute atomic E-state index is 0.123. The van der Waals surface area contributed by atoms with Gasteiger partial charge in [0.05, 0.1) is 22.5 Å². The smallest absolute Gasteiger partial charge is 0.259 e. The maximum absolute atomic E-state index is 12.5. The third-order valence-electron chi connectivity index (χ3n) is 2.99. The Morgan fingerprint density at radius 3 is 2.75 bits per heavy atom. The van der Waals surface area contributed by atoms with E-state index in [0.717, 1.165) is 22.8 Å². The second-order valence-electron chi connectivity index (χ2n) is 5.75. The zero-order chi connectivity index (χ0) is 14.9. The van der Waals surface area contributed by atoms with E-state index in [4.69, 9.17) is 0 Å². The van der Waals surface area contributed by atoms with Crippen molar-refractivity contribution in [3.05, 3.63) is 28.7 Å². The van der Waals surface area contributed by atoms with Gasteiger partial charge in [0, 0.05) is 18.7 Å². The Hall–Kier alpha value is -1.69. The molecule has 0 spiro atoms. The number of nitrogens with one attached hydrogen (secondary N) is 1. The highest BCUT2D eigenvalue weighted by molar-refractivity contribution is 7.14. The summed E-state index contributed by atoms with van der Waals surface area (Å²) in [6, 6.07) is 0. The van der Waals surface area contributed by atoms with Crippen molar-refractivity contribution in [3.63, 3.8) is 0 Å². The molecule has 2 aromatic heterocycles. The van der Waals surface area contributed by atoms with E-state index in [1.54, 1.807) is 16.4 Å². The van der Waals surface area contributed by atoms with E-state index in [0.29, 0.717) is 5.56 Å². The van der Waals surface area contributed by atoms with E-state index in [2.05, 4.69) is 36.2 Å². The highest BCUT2D eigenvalue weighted by atomic mass is 32.1. The topological polar surface area (TPSA) is 59.8 Å². The second-order valence-corrected chi connectivity index (χ2v) is 6.61. The van der Waals surface area contributed by atoms with Crippen LogP contribution in [-0.4, -0.2) is 20.7 Å². The average molecular weight is 292 g/mol. The Morgan fingerprint density at radius 2 is 2.15 bits per heavy atom. The number of aromatic nitrogens is 3. The molecule has 0 atom stereocenters. The average Bonchev–Trinajstić information content (AvgIpc) is 2.94. The number of amides is 1. The van der Waals surface area contributed by atoms with E-state index in [9.17, 15) is 4.79 Å². The van der Waals surface area contributed by atoms with E-state index < -0.39 is 0 Å². The summed E-state index contributed by atoms with van der Waals surface area (Å²) in [6.45, 7) is 8.18. The van der Waals surface area contributed by atoms with Crippen LogP contribution in [0.5, 0.6) is 0 Å². The lowest BCUT2D eigenvalue weighted by Gasteiger charge is -2.17. The zero-order valence-corrected chi connectivity index (χ0v) is 13.3. The predicted molar refractivity (Wildman–Crippen MR) is 81.4 cm³/mol. The molecule has 1 amide bonds. The van der Waals surface area contributed by atoms with Crippen LogP contribution >= 0.6 is 11.3 Å². The lowest BCUT2D eigenvalue weighted by atomic mass is 9.89. The molecule has 0 radical (unpaired) electrons. The number of thiazole rings is 1. The summed E-state index contributed by atoms with van der Waals surface area (Å²) in [6.07, 6.45) is 2.57. The van der Waals surface area contributed by atoms with Crippen molar-refractivity contribution in [2.45, 2.75) is 39.5 Å². The molecule has 0 unspecified atom stereocenters. The van der Waals surface area contributed by atoms with Gasteiger partial charge in [0.2, 0.25) is 0 Å². The van der Waals surface area contributed by atoms with Gasteiger partial charge in [0.15, 0.2) is 0 Å². The molecule has 6 heteroatoms. The van der Waals surface area contributed by atoms with Crippen molar-refractivity contribution < 1.29 is 4.79 Å². The molecule has 0 fully saturated rings. The van der Waals surface area contributed by atoms with Gasteiger partial charge in [-0.1, -0.05) is 27.7 Å². The van der Waals surface area contributed by atoms with Crippen LogP contribution in [0.3, 0.4) is 0 Å². The van der Waals surface area contributed by atoms with Gasteiger partial charge in [0.1, 0.15) is 5.00 Å². The Balaban J connectivity index is 2.30. The fourth-order valence-electron chi connectivity index (χ4n) is 2.00. The van der Waals surface area contributed by atoms with Gasteiger partial charge in [-0.15, -0.1) is 11.3 Å². The van der Waals surface area contributed by atoms with E-state index >= 15 is 0 Å². The summed E-state index contributed by atoms with van der Waals surface area (Å²) in [5.41, 5.74) is 3.93. The van der Waals surface area contributed by atoms with Crippen molar-refractivity contribution in [2.75, 3.05) is 5.32 Å². The number of hydrogen-bond donors (Lipinski definition) is 1. The van der Waals surface area contributed by atoms with Crippen LogP contribution in [0.2, 0.25) is 0 Å².